The Morgan fingerprint density at radius 3 is 2.50 bits per heavy atom. The summed E-state index contributed by atoms with van der Waals surface area (Å²) in [5.41, 5.74) is 0. The smallest absolute Gasteiger partial charge is 0.307 e. The summed E-state index contributed by atoms with van der Waals surface area (Å²) in [4.78, 5) is 23.1. The molecule has 4 heteroatoms. The van der Waals surface area contributed by atoms with E-state index in [0.29, 0.717) is 12.3 Å². The van der Waals surface area contributed by atoms with Crippen LogP contribution in [0.2, 0.25) is 0 Å². The van der Waals surface area contributed by atoms with Gasteiger partial charge in [-0.05, 0) is 25.2 Å². The van der Waals surface area contributed by atoms with E-state index in [1.54, 1.807) is 0 Å². The zero-order valence-electron chi connectivity index (χ0n) is 11.5. The predicted octanol–water partition coefficient (Wildman–Crippen LogP) is 2.41. The first-order valence-corrected chi connectivity index (χ1v) is 7.01. The maximum absolute atomic E-state index is 11.9. The van der Waals surface area contributed by atoms with Crippen molar-refractivity contribution < 1.29 is 14.3 Å². The number of amides is 1. The molecule has 1 aliphatic rings. The minimum atomic E-state index is -0.264. The number of ether oxygens (including phenoxy) is 1. The largest absolute Gasteiger partial charge is 0.469 e. The van der Waals surface area contributed by atoms with E-state index in [9.17, 15) is 9.59 Å². The highest BCUT2D eigenvalue weighted by Crippen LogP contribution is 2.26. The summed E-state index contributed by atoms with van der Waals surface area (Å²) in [6.45, 7) is 1.97. The highest BCUT2D eigenvalue weighted by atomic mass is 16.5. The molecule has 4 nitrogen and oxygen atoms in total. The summed E-state index contributed by atoms with van der Waals surface area (Å²) >= 11 is 0. The van der Waals surface area contributed by atoms with Crippen molar-refractivity contribution in [2.75, 3.05) is 7.11 Å². The molecule has 104 valence electrons. The zero-order valence-corrected chi connectivity index (χ0v) is 11.5. The molecular weight excluding hydrogens is 230 g/mol. The molecule has 0 aliphatic heterocycles. The van der Waals surface area contributed by atoms with Crippen molar-refractivity contribution in [1.82, 2.24) is 5.32 Å². The first kappa shape index (κ1) is 15.0. The first-order chi connectivity index (χ1) is 8.65. The number of carbonyl (C=O) groups excluding carboxylic acids is 2. The molecule has 1 rings (SSSR count). The average molecular weight is 255 g/mol. The van der Waals surface area contributed by atoms with Gasteiger partial charge in [-0.2, -0.15) is 0 Å². The lowest BCUT2D eigenvalue weighted by Gasteiger charge is -2.22. The zero-order chi connectivity index (χ0) is 13.4. The predicted molar refractivity (Wildman–Crippen MR) is 70.0 cm³/mol. The molecule has 1 N–H and O–H groups in total. The van der Waals surface area contributed by atoms with Crippen LogP contribution >= 0.6 is 0 Å². The van der Waals surface area contributed by atoms with Crippen LogP contribution in [0.5, 0.6) is 0 Å². The Morgan fingerprint density at radius 2 is 1.94 bits per heavy atom. The van der Waals surface area contributed by atoms with E-state index in [0.717, 1.165) is 6.42 Å². The van der Waals surface area contributed by atoms with E-state index in [4.69, 9.17) is 0 Å². The van der Waals surface area contributed by atoms with Crippen LogP contribution in [0.4, 0.5) is 0 Å². The monoisotopic (exact) mass is 255 g/mol. The van der Waals surface area contributed by atoms with Gasteiger partial charge in [-0.3, -0.25) is 9.59 Å². The summed E-state index contributed by atoms with van der Waals surface area (Å²) in [5, 5.41) is 2.94. The molecule has 0 radical (unpaired) electrons. The van der Waals surface area contributed by atoms with Crippen molar-refractivity contribution in [1.29, 1.82) is 0 Å². The van der Waals surface area contributed by atoms with Crippen LogP contribution in [-0.4, -0.2) is 25.0 Å². The third-order valence-corrected chi connectivity index (χ3v) is 3.70. The fraction of sp³-hybridized carbons (Fsp3) is 0.857. The van der Waals surface area contributed by atoms with Gasteiger partial charge >= 0.3 is 5.97 Å². The second-order valence-corrected chi connectivity index (χ2v) is 5.16. The maximum atomic E-state index is 11.9. The van der Waals surface area contributed by atoms with Crippen LogP contribution < -0.4 is 5.32 Å². The van der Waals surface area contributed by atoms with E-state index in [1.807, 2.05) is 6.92 Å². The fourth-order valence-corrected chi connectivity index (χ4v) is 2.52. The normalized spacial score (nSPS) is 18.1. The quantitative estimate of drug-likeness (QED) is 0.742. The van der Waals surface area contributed by atoms with Gasteiger partial charge in [0.15, 0.2) is 0 Å². The third-order valence-electron chi connectivity index (χ3n) is 3.70. The average Bonchev–Trinajstić information content (AvgIpc) is 2.38. The third kappa shape index (κ3) is 5.52. The van der Waals surface area contributed by atoms with Gasteiger partial charge in [0.05, 0.1) is 13.5 Å². The lowest BCUT2D eigenvalue weighted by molar-refractivity contribution is -0.141. The fourth-order valence-electron chi connectivity index (χ4n) is 2.52. The lowest BCUT2D eigenvalue weighted by Crippen LogP contribution is -2.37. The van der Waals surface area contributed by atoms with Crippen molar-refractivity contribution in [2.45, 2.75) is 64.3 Å². The Hall–Kier alpha value is -1.06. The number of rotatable bonds is 6. The molecule has 18 heavy (non-hydrogen) atoms. The summed E-state index contributed by atoms with van der Waals surface area (Å²) in [6.07, 6.45) is 7.77. The van der Waals surface area contributed by atoms with Gasteiger partial charge in [0.25, 0.3) is 0 Å². The molecule has 1 unspecified atom stereocenters. The Labute approximate surface area is 109 Å². The van der Waals surface area contributed by atoms with Crippen molar-refractivity contribution in [2.24, 2.45) is 5.92 Å². The molecule has 0 aromatic heterocycles. The topological polar surface area (TPSA) is 55.4 Å². The molecule has 0 saturated heterocycles. The number of methoxy groups -OCH3 is 1. The Kier molecular flexibility index (Phi) is 6.76. The van der Waals surface area contributed by atoms with Crippen LogP contribution in [0.3, 0.4) is 0 Å². The molecule has 0 aromatic carbocycles. The first-order valence-electron chi connectivity index (χ1n) is 7.01. The minimum Gasteiger partial charge on any atom is -0.469 e. The van der Waals surface area contributed by atoms with E-state index < -0.39 is 0 Å². The van der Waals surface area contributed by atoms with Crippen LogP contribution in [0.15, 0.2) is 0 Å². The summed E-state index contributed by atoms with van der Waals surface area (Å²) < 4.78 is 4.62. The van der Waals surface area contributed by atoms with E-state index in [-0.39, 0.29) is 24.3 Å². The highest BCUT2D eigenvalue weighted by molar-refractivity contribution is 5.77. The Balaban J connectivity index is 2.29. The number of esters is 1. The maximum Gasteiger partial charge on any atom is 0.307 e. The van der Waals surface area contributed by atoms with Crippen LogP contribution in [-0.2, 0) is 14.3 Å². The summed E-state index contributed by atoms with van der Waals surface area (Å²) in [7, 11) is 1.37. The van der Waals surface area contributed by atoms with Gasteiger partial charge in [0, 0.05) is 12.5 Å². The number of nitrogens with one attached hydrogen (secondary N) is 1. The van der Waals surface area contributed by atoms with Crippen LogP contribution in [0, 0.1) is 5.92 Å². The standard InChI is InChI=1S/C14H25NO3/c1-3-12(10-14(17)18-2)15-13(16)9-11-7-5-4-6-8-11/h11-12H,3-10H2,1-2H3,(H,15,16). The number of carbonyl (C=O) groups is 2. The van der Waals surface area contributed by atoms with Gasteiger partial charge in [0.2, 0.25) is 5.91 Å². The van der Waals surface area contributed by atoms with Crippen molar-refractivity contribution in [3.63, 3.8) is 0 Å². The number of hydrogen-bond acceptors (Lipinski definition) is 3. The lowest BCUT2D eigenvalue weighted by atomic mass is 9.87. The van der Waals surface area contributed by atoms with Crippen molar-refractivity contribution in [3.8, 4) is 0 Å². The number of hydrogen-bond donors (Lipinski definition) is 1. The molecule has 1 amide bonds. The van der Waals surface area contributed by atoms with Gasteiger partial charge in [-0.1, -0.05) is 26.2 Å². The molecule has 0 spiro atoms. The van der Waals surface area contributed by atoms with Gasteiger partial charge in [-0.25, -0.2) is 0 Å². The summed E-state index contributed by atoms with van der Waals surface area (Å²) in [6, 6.07) is -0.0893. The van der Waals surface area contributed by atoms with Gasteiger partial charge in [0.1, 0.15) is 0 Å². The molecule has 0 aromatic rings. The van der Waals surface area contributed by atoms with E-state index >= 15 is 0 Å². The second kappa shape index (κ2) is 8.11. The second-order valence-electron chi connectivity index (χ2n) is 5.16. The Bertz CT molecular complexity index is 272. The van der Waals surface area contributed by atoms with Crippen molar-refractivity contribution in [3.05, 3.63) is 0 Å². The van der Waals surface area contributed by atoms with Crippen LogP contribution in [0.1, 0.15) is 58.3 Å². The van der Waals surface area contributed by atoms with Gasteiger partial charge < -0.3 is 10.1 Å². The molecular formula is C14H25NO3. The molecule has 1 saturated carbocycles. The Morgan fingerprint density at radius 1 is 1.28 bits per heavy atom. The molecule has 0 heterocycles. The van der Waals surface area contributed by atoms with E-state index in [2.05, 4.69) is 10.1 Å². The van der Waals surface area contributed by atoms with Crippen molar-refractivity contribution >= 4 is 11.9 Å². The molecule has 1 atom stereocenters. The van der Waals surface area contributed by atoms with Gasteiger partial charge in [-0.15, -0.1) is 0 Å². The minimum absolute atomic E-state index is 0.0812. The molecule has 1 fully saturated rings. The van der Waals surface area contributed by atoms with Crippen LogP contribution in [0.25, 0.3) is 0 Å². The molecule has 1 aliphatic carbocycles. The summed E-state index contributed by atoms with van der Waals surface area (Å²) in [5.74, 6) is 0.354. The highest BCUT2D eigenvalue weighted by Gasteiger charge is 2.20. The molecule has 0 bridgehead atoms. The van der Waals surface area contributed by atoms with E-state index in [1.165, 1.54) is 39.2 Å². The SMILES string of the molecule is CCC(CC(=O)OC)NC(=O)CC1CCCCC1.